The molecule has 0 bridgehead atoms. The Morgan fingerprint density at radius 3 is 2.40 bits per heavy atom. The zero-order valence-electron chi connectivity index (χ0n) is 21.5. The molecule has 35 heavy (non-hydrogen) atoms. The number of anilines is 1. The second-order valence-electron chi connectivity index (χ2n) is 11.4. The Bertz CT molecular complexity index is 1140. The molecular weight excluding hydrogens is 438 g/mol. The van der Waals surface area contributed by atoms with E-state index in [-0.39, 0.29) is 29.5 Å². The molecule has 1 aromatic rings. The van der Waals surface area contributed by atoms with Crippen LogP contribution in [-0.2, 0) is 14.3 Å². The van der Waals surface area contributed by atoms with Crippen LogP contribution in [0.1, 0.15) is 64.4 Å². The van der Waals surface area contributed by atoms with Crippen molar-refractivity contribution in [2.45, 2.75) is 64.4 Å². The molecule has 0 amide bonds. The molecule has 1 aromatic carbocycles. The fraction of sp³-hybridized carbons (Fsp3) is 0.533. The standard InChI is InChI=1S/C30H37NO4/c1-18(32)30(35-19(2)33)15-14-27-25-12-8-21-16-23(34)11-13-24(21)28(25)26(17-29(27,30)3)20-6-9-22(10-7-20)31(4)5/h6-7,9-11,13,16,21,25-27,34H,8,12,14-15,17H2,1-5H3/t21?,25?,26-,27?,29+,30?/m1/s1. The molecule has 5 nitrogen and oxygen atoms in total. The highest BCUT2D eigenvalue weighted by molar-refractivity contribution is 5.89. The maximum Gasteiger partial charge on any atom is 0.303 e. The number of ketones is 1. The van der Waals surface area contributed by atoms with Crippen molar-refractivity contribution >= 4 is 17.4 Å². The summed E-state index contributed by atoms with van der Waals surface area (Å²) in [6.07, 6.45) is 10.2. The van der Waals surface area contributed by atoms with Crippen molar-refractivity contribution in [3.05, 3.63) is 65.0 Å². The third-order valence-electron chi connectivity index (χ3n) is 9.46. The lowest BCUT2D eigenvalue weighted by atomic mass is 9.50. The second kappa shape index (κ2) is 8.39. The van der Waals surface area contributed by atoms with Gasteiger partial charge in [-0.05, 0) is 86.3 Å². The predicted molar refractivity (Wildman–Crippen MR) is 137 cm³/mol. The molecule has 4 aliphatic rings. The van der Waals surface area contributed by atoms with E-state index < -0.39 is 11.0 Å². The van der Waals surface area contributed by atoms with Crippen molar-refractivity contribution < 1.29 is 19.4 Å². The van der Waals surface area contributed by atoms with Crippen LogP contribution in [-0.4, -0.2) is 36.6 Å². The first-order valence-electron chi connectivity index (χ1n) is 12.9. The van der Waals surface area contributed by atoms with E-state index >= 15 is 0 Å². The number of Topliss-reactive ketones (excluding diaryl/α,β-unsaturated/α-hetero) is 1. The van der Waals surface area contributed by atoms with Crippen LogP contribution in [0.5, 0.6) is 0 Å². The zero-order chi connectivity index (χ0) is 25.1. The fourth-order valence-corrected chi connectivity index (χ4v) is 7.93. The van der Waals surface area contributed by atoms with Crippen LogP contribution in [0.25, 0.3) is 0 Å². The van der Waals surface area contributed by atoms with E-state index in [1.807, 2.05) is 26.2 Å². The van der Waals surface area contributed by atoms with Crippen molar-refractivity contribution in [1.29, 1.82) is 0 Å². The van der Waals surface area contributed by atoms with Gasteiger partial charge in [-0.2, -0.15) is 0 Å². The van der Waals surface area contributed by atoms with Crippen LogP contribution in [0.4, 0.5) is 5.69 Å². The summed E-state index contributed by atoms with van der Waals surface area (Å²) in [5.41, 5.74) is 3.67. The number of aliphatic hydroxyl groups is 1. The lowest BCUT2D eigenvalue weighted by Crippen LogP contribution is -2.57. The maximum absolute atomic E-state index is 13.2. The van der Waals surface area contributed by atoms with Crippen LogP contribution in [0.15, 0.2) is 59.4 Å². The number of carbonyl (C=O) groups excluding carboxylic acids is 2. The molecular formula is C30H37NO4. The van der Waals surface area contributed by atoms with Gasteiger partial charge in [0, 0.05) is 44.0 Å². The Morgan fingerprint density at radius 1 is 1.06 bits per heavy atom. The molecule has 5 heteroatoms. The molecule has 1 N–H and O–H groups in total. The van der Waals surface area contributed by atoms with E-state index in [0.29, 0.717) is 18.1 Å². The van der Waals surface area contributed by atoms with Gasteiger partial charge in [-0.25, -0.2) is 0 Å². The van der Waals surface area contributed by atoms with E-state index in [0.717, 1.165) is 31.4 Å². The van der Waals surface area contributed by atoms with E-state index in [1.54, 1.807) is 6.92 Å². The van der Waals surface area contributed by atoms with Gasteiger partial charge in [0.05, 0.1) is 0 Å². The van der Waals surface area contributed by atoms with Crippen LogP contribution in [0.2, 0.25) is 0 Å². The van der Waals surface area contributed by atoms with E-state index in [4.69, 9.17) is 4.74 Å². The highest BCUT2D eigenvalue weighted by Gasteiger charge is 2.67. The highest BCUT2D eigenvalue weighted by Crippen LogP contribution is 2.67. The number of esters is 1. The number of ether oxygens (including phenoxy) is 1. The number of hydrogen-bond acceptors (Lipinski definition) is 5. The van der Waals surface area contributed by atoms with Gasteiger partial charge in [0.15, 0.2) is 11.4 Å². The van der Waals surface area contributed by atoms with Crippen LogP contribution >= 0.6 is 0 Å². The van der Waals surface area contributed by atoms with E-state index in [1.165, 1.54) is 23.6 Å². The Morgan fingerprint density at radius 2 is 1.77 bits per heavy atom. The van der Waals surface area contributed by atoms with Crippen LogP contribution < -0.4 is 4.90 Å². The van der Waals surface area contributed by atoms with Gasteiger partial charge in [0.2, 0.25) is 0 Å². The summed E-state index contributed by atoms with van der Waals surface area (Å²) in [6, 6.07) is 8.75. The minimum atomic E-state index is -1.07. The van der Waals surface area contributed by atoms with Crippen molar-refractivity contribution in [3.8, 4) is 0 Å². The molecule has 6 atom stereocenters. The normalized spacial score (nSPS) is 35.5. The average Bonchev–Trinajstić information content (AvgIpc) is 3.10. The lowest BCUT2D eigenvalue weighted by Gasteiger charge is -2.55. The first-order valence-corrected chi connectivity index (χ1v) is 12.9. The maximum atomic E-state index is 13.2. The van der Waals surface area contributed by atoms with Crippen molar-refractivity contribution in [2.24, 2.45) is 23.2 Å². The number of rotatable bonds is 4. The molecule has 0 radical (unpaired) electrons. The number of benzene rings is 1. The Kier molecular flexibility index (Phi) is 5.73. The quantitative estimate of drug-likeness (QED) is 0.551. The first-order chi connectivity index (χ1) is 16.6. The Hall–Kier alpha value is -2.82. The van der Waals surface area contributed by atoms with Crippen molar-refractivity contribution in [1.82, 2.24) is 0 Å². The SMILES string of the molecule is CC(=O)OC1(C(C)=O)CCC2C3CCC4C=C(O)C=CC4=C3[C@@H](c3ccc(N(C)C)cc3)C[C@@]21C. The molecule has 2 fully saturated rings. The fourth-order valence-electron chi connectivity index (χ4n) is 7.93. The molecule has 4 aliphatic carbocycles. The molecule has 2 saturated carbocycles. The van der Waals surface area contributed by atoms with Gasteiger partial charge < -0.3 is 14.7 Å². The third-order valence-corrected chi connectivity index (χ3v) is 9.46. The van der Waals surface area contributed by atoms with Crippen molar-refractivity contribution in [2.75, 3.05) is 19.0 Å². The minimum absolute atomic E-state index is 0.0328. The zero-order valence-corrected chi connectivity index (χ0v) is 21.5. The topological polar surface area (TPSA) is 66.8 Å². The summed E-state index contributed by atoms with van der Waals surface area (Å²) in [7, 11) is 4.08. The summed E-state index contributed by atoms with van der Waals surface area (Å²) in [6.45, 7) is 5.22. The average molecular weight is 476 g/mol. The van der Waals surface area contributed by atoms with Crippen LogP contribution in [0.3, 0.4) is 0 Å². The van der Waals surface area contributed by atoms with Gasteiger partial charge in [-0.15, -0.1) is 0 Å². The summed E-state index contributed by atoms with van der Waals surface area (Å²) in [4.78, 5) is 27.6. The number of allylic oxidation sites excluding steroid dienone is 5. The molecule has 186 valence electrons. The summed E-state index contributed by atoms with van der Waals surface area (Å²) < 4.78 is 6.00. The third kappa shape index (κ3) is 3.57. The number of carbonyl (C=O) groups is 2. The molecule has 0 spiro atoms. The number of aliphatic hydroxyl groups excluding tert-OH is 1. The Balaban J connectivity index is 1.68. The first kappa shape index (κ1) is 23.9. The molecule has 0 heterocycles. The highest BCUT2D eigenvalue weighted by atomic mass is 16.6. The minimum Gasteiger partial charge on any atom is -0.508 e. The molecule has 0 aromatic heterocycles. The van der Waals surface area contributed by atoms with E-state index in [2.05, 4.69) is 42.2 Å². The number of fused-ring (bicyclic) bond motifs is 4. The molecule has 4 unspecified atom stereocenters. The van der Waals surface area contributed by atoms with Gasteiger partial charge in [-0.3, -0.25) is 9.59 Å². The van der Waals surface area contributed by atoms with Gasteiger partial charge in [-0.1, -0.05) is 30.7 Å². The summed E-state index contributed by atoms with van der Waals surface area (Å²) >= 11 is 0. The monoisotopic (exact) mass is 475 g/mol. The predicted octanol–water partition coefficient (Wildman–Crippen LogP) is 5.88. The van der Waals surface area contributed by atoms with Crippen LogP contribution in [0, 0.1) is 23.2 Å². The van der Waals surface area contributed by atoms with Gasteiger partial charge in [0.1, 0.15) is 5.76 Å². The number of hydrogen-bond donors (Lipinski definition) is 1. The Labute approximate surface area is 208 Å². The smallest absolute Gasteiger partial charge is 0.303 e. The van der Waals surface area contributed by atoms with Crippen molar-refractivity contribution in [3.63, 3.8) is 0 Å². The van der Waals surface area contributed by atoms with Gasteiger partial charge >= 0.3 is 5.97 Å². The molecule has 0 aliphatic heterocycles. The number of nitrogens with zero attached hydrogens (tertiary/aromatic N) is 1. The van der Waals surface area contributed by atoms with E-state index in [9.17, 15) is 14.7 Å². The molecule has 0 saturated heterocycles. The summed E-state index contributed by atoms with van der Waals surface area (Å²) in [5.74, 6) is 0.893. The largest absolute Gasteiger partial charge is 0.508 e. The molecule has 5 rings (SSSR count). The summed E-state index contributed by atoms with van der Waals surface area (Å²) in [5, 5.41) is 10.2. The lowest BCUT2D eigenvalue weighted by molar-refractivity contribution is -0.182. The van der Waals surface area contributed by atoms with Gasteiger partial charge in [0.25, 0.3) is 0 Å². The second-order valence-corrected chi connectivity index (χ2v) is 11.4.